The van der Waals surface area contributed by atoms with Crippen LogP contribution in [0.3, 0.4) is 0 Å². The van der Waals surface area contributed by atoms with E-state index in [1.54, 1.807) is 20.1 Å². The van der Waals surface area contributed by atoms with Crippen LogP contribution in [-0.4, -0.2) is 31.5 Å². The minimum Gasteiger partial charge on any atom is -0.497 e. The van der Waals surface area contributed by atoms with Crippen LogP contribution in [0.25, 0.3) is 0 Å². The molecule has 2 rings (SSSR count). The summed E-state index contributed by atoms with van der Waals surface area (Å²) in [7, 11) is 1.61. The van der Waals surface area contributed by atoms with E-state index >= 15 is 0 Å². The maximum Gasteiger partial charge on any atom is 0.165 e. The van der Waals surface area contributed by atoms with Crippen molar-refractivity contribution >= 4 is 0 Å². The van der Waals surface area contributed by atoms with E-state index in [2.05, 4.69) is 0 Å². The van der Waals surface area contributed by atoms with Gasteiger partial charge in [-0.1, -0.05) is 0 Å². The molecule has 0 bridgehead atoms. The number of rotatable bonds is 3. The number of methoxy groups -OCH3 is 1. The van der Waals surface area contributed by atoms with Crippen LogP contribution >= 0.6 is 0 Å². The molecule has 0 amide bonds. The lowest BCUT2D eigenvalue weighted by molar-refractivity contribution is 0.163. The standard InChI is InChI=1S/C12H16O4/c1-8(13)5-9-6-10(14-2)7-11-12(9)16-4-3-15-11/h6-8,13H,3-5H2,1-2H3. The van der Waals surface area contributed by atoms with Crippen molar-refractivity contribution in [2.45, 2.75) is 19.4 Å². The van der Waals surface area contributed by atoms with Crippen LogP contribution in [0, 0.1) is 0 Å². The Bertz CT molecular complexity index is 374. The van der Waals surface area contributed by atoms with Gasteiger partial charge in [-0.15, -0.1) is 0 Å². The molecule has 16 heavy (non-hydrogen) atoms. The molecule has 1 heterocycles. The fourth-order valence-corrected chi connectivity index (χ4v) is 1.79. The lowest BCUT2D eigenvalue weighted by Gasteiger charge is -2.22. The van der Waals surface area contributed by atoms with Crippen LogP contribution in [0.2, 0.25) is 0 Å². The van der Waals surface area contributed by atoms with Crippen molar-refractivity contribution in [2.24, 2.45) is 0 Å². The highest BCUT2D eigenvalue weighted by molar-refractivity contribution is 5.52. The molecule has 0 saturated heterocycles. The second-order valence-electron chi connectivity index (χ2n) is 3.86. The minimum absolute atomic E-state index is 0.415. The maximum absolute atomic E-state index is 9.43. The van der Waals surface area contributed by atoms with Crippen molar-refractivity contribution in [1.82, 2.24) is 0 Å². The Morgan fingerprint density at radius 2 is 2.12 bits per heavy atom. The van der Waals surface area contributed by atoms with Crippen LogP contribution in [-0.2, 0) is 6.42 Å². The molecule has 1 aromatic rings. The molecule has 1 atom stereocenters. The molecule has 88 valence electrons. The van der Waals surface area contributed by atoms with Crippen LogP contribution < -0.4 is 14.2 Å². The topological polar surface area (TPSA) is 47.9 Å². The third kappa shape index (κ3) is 2.22. The largest absolute Gasteiger partial charge is 0.497 e. The molecule has 0 fully saturated rings. The Kier molecular flexibility index (Phi) is 3.19. The van der Waals surface area contributed by atoms with Gasteiger partial charge in [0.1, 0.15) is 19.0 Å². The van der Waals surface area contributed by atoms with Crippen molar-refractivity contribution in [3.8, 4) is 17.2 Å². The van der Waals surface area contributed by atoms with Gasteiger partial charge >= 0.3 is 0 Å². The van der Waals surface area contributed by atoms with Gasteiger partial charge in [0, 0.05) is 18.1 Å². The zero-order chi connectivity index (χ0) is 11.5. The summed E-state index contributed by atoms with van der Waals surface area (Å²) in [5, 5.41) is 9.43. The normalized spacial score (nSPS) is 15.7. The molecule has 0 radical (unpaired) electrons. The molecule has 1 aliphatic rings. The molecule has 0 spiro atoms. The second-order valence-corrected chi connectivity index (χ2v) is 3.86. The number of benzene rings is 1. The quantitative estimate of drug-likeness (QED) is 0.842. The molecule has 0 saturated carbocycles. The number of aliphatic hydroxyl groups is 1. The highest BCUT2D eigenvalue weighted by Crippen LogP contribution is 2.38. The van der Waals surface area contributed by atoms with Gasteiger partial charge in [0.05, 0.1) is 13.2 Å². The number of fused-ring (bicyclic) bond motifs is 1. The van der Waals surface area contributed by atoms with Crippen LogP contribution in [0.5, 0.6) is 17.2 Å². The summed E-state index contributed by atoms with van der Waals surface area (Å²) in [6.45, 7) is 2.84. The fourth-order valence-electron chi connectivity index (χ4n) is 1.79. The third-order valence-corrected chi connectivity index (χ3v) is 2.44. The second kappa shape index (κ2) is 4.61. The minimum atomic E-state index is -0.415. The van der Waals surface area contributed by atoms with Gasteiger partial charge in [0.25, 0.3) is 0 Å². The highest BCUT2D eigenvalue weighted by atomic mass is 16.6. The SMILES string of the molecule is COc1cc(CC(C)O)c2c(c1)OCCO2. The van der Waals surface area contributed by atoms with E-state index in [0.717, 1.165) is 17.1 Å². The van der Waals surface area contributed by atoms with E-state index in [1.165, 1.54) is 0 Å². The summed E-state index contributed by atoms with van der Waals surface area (Å²) in [4.78, 5) is 0. The summed E-state index contributed by atoms with van der Waals surface area (Å²) in [6, 6.07) is 3.68. The molecule has 4 nitrogen and oxygen atoms in total. The van der Waals surface area contributed by atoms with E-state index in [0.29, 0.717) is 25.4 Å². The molecule has 0 aromatic heterocycles. The zero-order valence-electron chi connectivity index (χ0n) is 9.53. The van der Waals surface area contributed by atoms with E-state index in [-0.39, 0.29) is 0 Å². The molecule has 4 heteroatoms. The Labute approximate surface area is 94.8 Å². The maximum atomic E-state index is 9.43. The lowest BCUT2D eigenvalue weighted by atomic mass is 10.1. The predicted octanol–water partition coefficient (Wildman–Crippen LogP) is 1.39. The van der Waals surface area contributed by atoms with Gasteiger partial charge in [-0.2, -0.15) is 0 Å². The number of aliphatic hydroxyl groups excluding tert-OH is 1. The first-order chi connectivity index (χ1) is 7.70. The fraction of sp³-hybridized carbons (Fsp3) is 0.500. The summed E-state index contributed by atoms with van der Waals surface area (Å²) < 4.78 is 16.3. The molecule has 1 aliphatic heterocycles. The van der Waals surface area contributed by atoms with Crippen molar-refractivity contribution in [3.05, 3.63) is 17.7 Å². The summed E-state index contributed by atoms with van der Waals surface area (Å²) in [5.74, 6) is 2.15. The predicted molar refractivity (Wildman–Crippen MR) is 59.4 cm³/mol. The Morgan fingerprint density at radius 3 is 2.81 bits per heavy atom. The number of ether oxygens (including phenoxy) is 3. The zero-order valence-corrected chi connectivity index (χ0v) is 9.53. The molecule has 1 unspecified atom stereocenters. The van der Waals surface area contributed by atoms with Crippen molar-refractivity contribution in [2.75, 3.05) is 20.3 Å². The lowest BCUT2D eigenvalue weighted by Crippen LogP contribution is -2.18. The summed E-state index contributed by atoms with van der Waals surface area (Å²) in [5.41, 5.74) is 0.920. The van der Waals surface area contributed by atoms with Crippen LogP contribution in [0.1, 0.15) is 12.5 Å². The Hall–Kier alpha value is -1.42. The molecular formula is C12H16O4. The monoisotopic (exact) mass is 224 g/mol. The van der Waals surface area contributed by atoms with Gasteiger partial charge in [-0.05, 0) is 13.0 Å². The molecule has 1 N–H and O–H groups in total. The van der Waals surface area contributed by atoms with E-state index in [4.69, 9.17) is 14.2 Å². The first kappa shape index (κ1) is 11.1. The van der Waals surface area contributed by atoms with E-state index in [9.17, 15) is 5.11 Å². The van der Waals surface area contributed by atoms with Gasteiger partial charge in [0.15, 0.2) is 11.5 Å². The van der Waals surface area contributed by atoms with E-state index < -0.39 is 6.10 Å². The van der Waals surface area contributed by atoms with Crippen LogP contribution in [0.4, 0.5) is 0 Å². The Balaban J connectivity index is 2.39. The first-order valence-electron chi connectivity index (χ1n) is 5.35. The molecule has 1 aromatic carbocycles. The van der Waals surface area contributed by atoms with Gasteiger partial charge in [0.2, 0.25) is 0 Å². The smallest absolute Gasteiger partial charge is 0.165 e. The number of hydrogen-bond donors (Lipinski definition) is 1. The van der Waals surface area contributed by atoms with Gasteiger partial charge in [-0.25, -0.2) is 0 Å². The summed E-state index contributed by atoms with van der Waals surface area (Å²) in [6.07, 6.45) is 0.116. The van der Waals surface area contributed by atoms with Crippen molar-refractivity contribution in [3.63, 3.8) is 0 Å². The average molecular weight is 224 g/mol. The van der Waals surface area contributed by atoms with Gasteiger partial charge < -0.3 is 19.3 Å². The summed E-state index contributed by atoms with van der Waals surface area (Å²) >= 11 is 0. The molecular weight excluding hydrogens is 208 g/mol. The third-order valence-electron chi connectivity index (χ3n) is 2.44. The average Bonchev–Trinajstić information content (AvgIpc) is 2.28. The van der Waals surface area contributed by atoms with Crippen molar-refractivity contribution in [1.29, 1.82) is 0 Å². The number of hydrogen-bond acceptors (Lipinski definition) is 4. The first-order valence-corrected chi connectivity index (χ1v) is 5.35. The van der Waals surface area contributed by atoms with E-state index in [1.807, 2.05) is 6.07 Å². The molecule has 0 aliphatic carbocycles. The van der Waals surface area contributed by atoms with Gasteiger partial charge in [-0.3, -0.25) is 0 Å². The van der Waals surface area contributed by atoms with Crippen molar-refractivity contribution < 1.29 is 19.3 Å². The van der Waals surface area contributed by atoms with Crippen LogP contribution in [0.15, 0.2) is 12.1 Å². The Morgan fingerprint density at radius 1 is 1.38 bits per heavy atom. The highest BCUT2D eigenvalue weighted by Gasteiger charge is 2.18.